The van der Waals surface area contributed by atoms with E-state index in [2.05, 4.69) is 28.2 Å². The van der Waals surface area contributed by atoms with Crippen LogP contribution in [0.4, 0.5) is 0 Å². The zero-order valence-corrected chi connectivity index (χ0v) is 15.1. The van der Waals surface area contributed by atoms with Crippen LogP contribution in [0.3, 0.4) is 0 Å². The molecule has 0 spiro atoms. The van der Waals surface area contributed by atoms with Gasteiger partial charge in [-0.15, -0.1) is 0 Å². The highest BCUT2D eigenvalue weighted by atomic mass is 16.5. The monoisotopic (exact) mass is 360 g/mol. The lowest BCUT2D eigenvalue weighted by molar-refractivity contribution is -0.125. The summed E-state index contributed by atoms with van der Waals surface area (Å²) in [5, 5.41) is 3.63. The van der Waals surface area contributed by atoms with Crippen LogP contribution in [0.25, 0.3) is 10.9 Å². The predicted molar refractivity (Wildman–Crippen MR) is 102 cm³/mol. The minimum atomic E-state index is -0.521. The molecule has 3 aromatic rings. The number of methoxy groups -OCH3 is 1. The van der Waals surface area contributed by atoms with Gasteiger partial charge in [0, 0.05) is 18.1 Å². The predicted octanol–water partition coefficient (Wildman–Crippen LogP) is 3.12. The highest BCUT2D eigenvalue weighted by Gasteiger charge is 2.44. The first-order chi connectivity index (χ1) is 13.2. The van der Waals surface area contributed by atoms with Gasteiger partial charge in [-0.05, 0) is 41.7 Å². The summed E-state index contributed by atoms with van der Waals surface area (Å²) in [7, 11) is 1.61. The van der Waals surface area contributed by atoms with Crippen LogP contribution in [0.1, 0.15) is 34.9 Å². The first-order valence-corrected chi connectivity index (χ1v) is 9.26. The number of imide groups is 1. The van der Waals surface area contributed by atoms with Crippen LogP contribution in [-0.4, -0.2) is 23.5 Å². The molecule has 1 fully saturated rings. The van der Waals surface area contributed by atoms with Gasteiger partial charge < -0.3 is 9.30 Å². The van der Waals surface area contributed by atoms with Gasteiger partial charge in [0.2, 0.25) is 11.8 Å². The molecular weight excluding hydrogens is 340 g/mol. The molecule has 136 valence electrons. The summed E-state index contributed by atoms with van der Waals surface area (Å²) in [6.45, 7) is 0.947. The van der Waals surface area contributed by atoms with Crippen molar-refractivity contribution in [3.05, 3.63) is 65.4 Å². The number of aryl methyl sites for hydroxylation is 2. The normalized spacial score (nSPS) is 21.5. The van der Waals surface area contributed by atoms with Crippen molar-refractivity contribution >= 4 is 22.7 Å². The van der Waals surface area contributed by atoms with Gasteiger partial charge in [-0.2, -0.15) is 0 Å². The third kappa shape index (κ3) is 2.38. The molecule has 0 unspecified atom stereocenters. The summed E-state index contributed by atoms with van der Waals surface area (Å²) < 4.78 is 7.46. The molecule has 0 radical (unpaired) electrons. The Kier molecular flexibility index (Phi) is 3.57. The molecule has 1 N–H and O–H groups in total. The lowest BCUT2D eigenvalue weighted by Gasteiger charge is -2.16. The Bertz CT molecular complexity index is 1070. The van der Waals surface area contributed by atoms with E-state index < -0.39 is 11.8 Å². The number of carbonyl (C=O) groups excluding carboxylic acids is 2. The van der Waals surface area contributed by atoms with Crippen molar-refractivity contribution in [3.63, 3.8) is 0 Å². The number of carbonyl (C=O) groups is 2. The van der Waals surface area contributed by atoms with Crippen molar-refractivity contribution in [2.24, 2.45) is 0 Å². The van der Waals surface area contributed by atoms with Crippen LogP contribution in [0.15, 0.2) is 48.7 Å². The van der Waals surface area contributed by atoms with Gasteiger partial charge in [-0.1, -0.05) is 30.3 Å². The van der Waals surface area contributed by atoms with E-state index in [4.69, 9.17) is 4.74 Å². The summed E-state index contributed by atoms with van der Waals surface area (Å²) in [5.41, 5.74) is 4.30. The summed E-state index contributed by atoms with van der Waals surface area (Å²) >= 11 is 0. The molecule has 2 aromatic carbocycles. The molecule has 27 heavy (non-hydrogen) atoms. The maximum absolute atomic E-state index is 12.8. The fraction of sp³-hybridized carbons (Fsp3) is 0.273. The van der Waals surface area contributed by atoms with Crippen molar-refractivity contribution in [2.45, 2.75) is 31.2 Å². The summed E-state index contributed by atoms with van der Waals surface area (Å²) in [6, 6.07) is 13.7. The highest BCUT2D eigenvalue weighted by molar-refractivity contribution is 6.12. The molecule has 5 heteroatoms. The first-order valence-electron chi connectivity index (χ1n) is 9.26. The van der Waals surface area contributed by atoms with Crippen molar-refractivity contribution in [1.29, 1.82) is 0 Å². The molecule has 2 aliphatic rings. The van der Waals surface area contributed by atoms with Crippen LogP contribution in [0.5, 0.6) is 5.75 Å². The van der Waals surface area contributed by atoms with Gasteiger partial charge in [0.25, 0.3) is 0 Å². The second-order valence-corrected chi connectivity index (χ2v) is 7.28. The highest BCUT2D eigenvalue weighted by Crippen LogP contribution is 2.42. The molecular formula is C22H20N2O3. The van der Waals surface area contributed by atoms with Crippen molar-refractivity contribution in [3.8, 4) is 5.75 Å². The number of benzene rings is 2. The van der Waals surface area contributed by atoms with Crippen LogP contribution in [-0.2, 0) is 22.6 Å². The quantitative estimate of drug-likeness (QED) is 0.730. The van der Waals surface area contributed by atoms with Gasteiger partial charge in [0.05, 0.1) is 24.5 Å². The number of nitrogens with one attached hydrogen (secondary N) is 1. The molecule has 5 nitrogen and oxygen atoms in total. The van der Waals surface area contributed by atoms with Gasteiger partial charge in [0.1, 0.15) is 5.75 Å². The Morgan fingerprint density at radius 1 is 1.04 bits per heavy atom. The number of para-hydroxylation sites is 1. The third-order valence-electron chi connectivity index (χ3n) is 5.81. The minimum absolute atomic E-state index is 0.218. The van der Waals surface area contributed by atoms with Gasteiger partial charge in [0.15, 0.2) is 0 Å². The van der Waals surface area contributed by atoms with E-state index >= 15 is 0 Å². The maximum Gasteiger partial charge on any atom is 0.235 e. The second kappa shape index (κ2) is 5.98. The molecule has 2 aliphatic heterocycles. The number of amides is 2. The molecule has 0 aliphatic carbocycles. The average molecular weight is 360 g/mol. The number of ether oxygens (including phenoxy) is 1. The Morgan fingerprint density at radius 3 is 2.59 bits per heavy atom. The fourth-order valence-corrected chi connectivity index (χ4v) is 4.59. The largest absolute Gasteiger partial charge is 0.497 e. The summed E-state index contributed by atoms with van der Waals surface area (Å²) in [4.78, 5) is 25.4. The average Bonchev–Trinajstić information content (AvgIpc) is 3.20. The molecule has 0 bridgehead atoms. The molecule has 1 aromatic heterocycles. The van der Waals surface area contributed by atoms with Crippen LogP contribution in [0, 0.1) is 0 Å². The van der Waals surface area contributed by atoms with Gasteiger partial charge in [-0.3, -0.25) is 14.9 Å². The van der Waals surface area contributed by atoms with E-state index in [1.54, 1.807) is 7.11 Å². The maximum atomic E-state index is 12.8. The number of hydrogen-bond acceptors (Lipinski definition) is 3. The molecule has 0 saturated carbocycles. The van der Waals surface area contributed by atoms with E-state index in [0.717, 1.165) is 41.6 Å². The molecule has 1 saturated heterocycles. The Balaban J connectivity index is 1.66. The number of aromatic nitrogens is 1. The lowest BCUT2D eigenvalue weighted by atomic mass is 9.83. The summed E-state index contributed by atoms with van der Waals surface area (Å²) in [6.07, 6.45) is 4.23. The number of hydrogen-bond donors (Lipinski definition) is 1. The van der Waals surface area contributed by atoms with E-state index in [9.17, 15) is 9.59 Å². The zero-order chi connectivity index (χ0) is 18.5. The zero-order valence-electron chi connectivity index (χ0n) is 15.1. The van der Waals surface area contributed by atoms with E-state index in [1.165, 1.54) is 11.1 Å². The molecule has 3 heterocycles. The molecule has 2 atom stereocenters. The lowest BCUT2D eigenvalue weighted by Crippen LogP contribution is -2.21. The Morgan fingerprint density at radius 2 is 1.81 bits per heavy atom. The van der Waals surface area contributed by atoms with Crippen LogP contribution >= 0.6 is 0 Å². The van der Waals surface area contributed by atoms with E-state index in [-0.39, 0.29) is 11.8 Å². The Hall–Kier alpha value is -3.08. The SMILES string of the molecule is COc1ccc([C@@H]2C(=O)NC(=O)[C@@H]2c2cn3c4c(cccc24)CCC3)cc1. The van der Waals surface area contributed by atoms with Crippen molar-refractivity contribution < 1.29 is 14.3 Å². The second-order valence-electron chi connectivity index (χ2n) is 7.28. The first kappa shape index (κ1) is 16.1. The standard InChI is InChI=1S/C22H20N2O3/c1-27-15-9-7-13(8-10-15)18-19(22(26)23-21(18)25)17-12-24-11-3-5-14-4-2-6-16(17)20(14)24/h2,4,6-10,12,18-19H,3,5,11H2,1H3,(H,23,25,26)/t18-,19+/m0/s1. The number of rotatable bonds is 3. The van der Waals surface area contributed by atoms with Crippen molar-refractivity contribution in [1.82, 2.24) is 9.88 Å². The smallest absolute Gasteiger partial charge is 0.235 e. The van der Waals surface area contributed by atoms with Gasteiger partial charge >= 0.3 is 0 Å². The van der Waals surface area contributed by atoms with Gasteiger partial charge in [-0.25, -0.2) is 0 Å². The fourth-order valence-electron chi connectivity index (χ4n) is 4.59. The molecule has 5 rings (SSSR count). The third-order valence-corrected chi connectivity index (χ3v) is 5.81. The molecule has 2 amide bonds. The van der Waals surface area contributed by atoms with E-state index in [0.29, 0.717) is 0 Å². The Labute approximate surface area is 156 Å². The summed E-state index contributed by atoms with van der Waals surface area (Å²) in [5.74, 6) is -0.756. The number of nitrogens with zero attached hydrogens (tertiary/aromatic N) is 1. The minimum Gasteiger partial charge on any atom is -0.497 e. The topological polar surface area (TPSA) is 60.3 Å². The van der Waals surface area contributed by atoms with Crippen LogP contribution < -0.4 is 10.1 Å². The van der Waals surface area contributed by atoms with E-state index in [1.807, 2.05) is 30.3 Å². The van der Waals surface area contributed by atoms with Crippen molar-refractivity contribution in [2.75, 3.05) is 7.11 Å². The van der Waals surface area contributed by atoms with Crippen LogP contribution in [0.2, 0.25) is 0 Å².